The number of hydrogen-bond donors (Lipinski definition) is 1. The van der Waals surface area contributed by atoms with E-state index in [1.54, 1.807) is 0 Å². The molecule has 0 amide bonds. The molecule has 1 saturated carbocycles. The molecule has 0 spiro atoms. The quantitative estimate of drug-likeness (QED) is 0.820. The van der Waals surface area contributed by atoms with E-state index >= 15 is 0 Å². The van der Waals surface area contributed by atoms with Crippen molar-refractivity contribution in [2.75, 3.05) is 13.1 Å². The summed E-state index contributed by atoms with van der Waals surface area (Å²) in [6.45, 7) is 5.09. The van der Waals surface area contributed by atoms with Crippen LogP contribution in [0.2, 0.25) is 0 Å². The van der Waals surface area contributed by atoms with Gasteiger partial charge in [0.15, 0.2) is 0 Å². The molecule has 110 valence electrons. The lowest BCUT2D eigenvalue weighted by Gasteiger charge is -2.42. The number of fused-ring (bicyclic) bond motifs is 1. The maximum atomic E-state index is 4.00. The van der Waals surface area contributed by atoms with Crippen molar-refractivity contribution in [1.29, 1.82) is 0 Å². The molecule has 2 nitrogen and oxygen atoms in total. The zero-order chi connectivity index (χ0) is 13.1. The van der Waals surface area contributed by atoms with Gasteiger partial charge in [0, 0.05) is 24.7 Å². The van der Waals surface area contributed by atoms with Crippen molar-refractivity contribution in [3.05, 3.63) is 0 Å². The molecule has 4 unspecified atom stereocenters. The van der Waals surface area contributed by atoms with E-state index in [2.05, 4.69) is 17.1 Å². The van der Waals surface area contributed by atoms with E-state index in [9.17, 15) is 0 Å². The molecule has 2 saturated heterocycles. The largest absolute Gasteiger partial charge is 0.310 e. The van der Waals surface area contributed by atoms with Crippen LogP contribution in [0.5, 0.6) is 0 Å². The monoisotopic (exact) mass is 264 g/mol. The number of piperidine rings is 1. The zero-order valence-corrected chi connectivity index (χ0v) is 12.7. The molecule has 2 heteroatoms. The van der Waals surface area contributed by atoms with Gasteiger partial charge in [0.25, 0.3) is 0 Å². The Labute approximate surface area is 119 Å². The predicted molar refractivity (Wildman–Crippen MR) is 81.4 cm³/mol. The predicted octanol–water partition coefficient (Wildman–Crippen LogP) is 3.56. The minimum absolute atomic E-state index is 0.778. The Balaban J connectivity index is 1.52. The number of nitrogens with one attached hydrogen (secondary N) is 1. The van der Waals surface area contributed by atoms with Gasteiger partial charge in [-0.25, -0.2) is 0 Å². The first-order valence-electron chi connectivity index (χ1n) is 8.83. The van der Waals surface area contributed by atoms with E-state index in [-0.39, 0.29) is 0 Å². The van der Waals surface area contributed by atoms with E-state index in [0.29, 0.717) is 0 Å². The Bertz CT molecular complexity index is 278. The summed E-state index contributed by atoms with van der Waals surface area (Å²) in [4.78, 5) is 2.77. The van der Waals surface area contributed by atoms with Crippen molar-refractivity contribution in [2.45, 2.75) is 89.3 Å². The minimum atomic E-state index is 0.778. The molecule has 0 aromatic heterocycles. The summed E-state index contributed by atoms with van der Waals surface area (Å²) in [5.74, 6) is 1.01. The van der Waals surface area contributed by atoms with Gasteiger partial charge in [-0.15, -0.1) is 0 Å². The van der Waals surface area contributed by atoms with Crippen LogP contribution in [-0.4, -0.2) is 36.1 Å². The third kappa shape index (κ3) is 3.52. The molecule has 3 fully saturated rings. The number of rotatable bonds is 2. The molecule has 0 aromatic carbocycles. The smallest absolute Gasteiger partial charge is 0.0197 e. The van der Waals surface area contributed by atoms with Gasteiger partial charge in [-0.05, 0) is 57.9 Å². The summed E-state index contributed by atoms with van der Waals surface area (Å²) in [5.41, 5.74) is 0. The van der Waals surface area contributed by atoms with Crippen LogP contribution in [0.3, 0.4) is 0 Å². The van der Waals surface area contributed by atoms with Gasteiger partial charge >= 0.3 is 0 Å². The van der Waals surface area contributed by atoms with Crippen LogP contribution in [0.15, 0.2) is 0 Å². The normalized spacial score (nSPS) is 41.5. The Morgan fingerprint density at radius 3 is 2.68 bits per heavy atom. The third-order valence-electron chi connectivity index (χ3n) is 5.89. The van der Waals surface area contributed by atoms with Crippen LogP contribution >= 0.6 is 0 Å². The van der Waals surface area contributed by atoms with E-state index < -0.39 is 0 Å². The molecule has 3 rings (SSSR count). The lowest BCUT2D eigenvalue weighted by molar-refractivity contribution is 0.127. The van der Waals surface area contributed by atoms with Gasteiger partial charge in [-0.1, -0.05) is 25.7 Å². The van der Waals surface area contributed by atoms with E-state index in [4.69, 9.17) is 0 Å². The molecule has 19 heavy (non-hydrogen) atoms. The van der Waals surface area contributed by atoms with Crippen molar-refractivity contribution in [3.63, 3.8) is 0 Å². The first-order chi connectivity index (χ1) is 9.33. The fourth-order valence-corrected chi connectivity index (χ4v) is 4.61. The van der Waals surface area contributed by atoms with E-state index in [0.717, 1.165) is 24.0 Å². The molecular weight excluding hydrogens is 232 g/mol. The minimum Gasteiger partial charge on any atom is -0.310 e. The maximum Gasteiger partial charge on any atom is 0.0197 e. The van der Waals surface area contributed by atoms with Crippen LogP contribution in [0.1, 0.15) is 71.1 Å². The first-order valence-corrected chi connectivity index (χ1v) is 8.83. The highest BCUT2D eigenvalue weighted by Gasteiger charge is 2.32. The van der Waals surface area contributed by atoms with Crippen LogP contribution < -0.4 is 5.32 Å². The lowest BCUT2D eigenvalue weighted by Crippen LogP contribution is -2.53. The summed E-state index contributed by atoms with van der Waals surface area (Å²) in [6, 6.07) is 2.45. The summed E-state index contributed by atoms with van der Waals surface area (Å²) < 4.78 is 0. The molecule has 0 aromatic rings. The summed E-state index contributed by atoms with van der Waals surface area (Å²) >= 11 is 0. The molecule has 2 heterocycles. The third-order valence-corrected chi connectivity index (χ3v) is 5.89. The second kappa shape index (κ2) is 6.58. The molecule has 4 atom stereocenters. The molecule has 2 aliphatic heterocycles. The van der Waals surface area contributed by atoms with Gasteiger partial charge in [0.1, 0.15) is 0 Å². The average Bonchev–Trinajstić information content (AvgIpc) is 2.64. The standard InChI is InChI=1S/C17H32N2/c1-14-7-3-2-6-12-19(14)13-16-11-10-15-8-4-5-9-17(15)18-16/h14-18H,2-13H2,1H3. The maximum absolute atomic E-state index is 4.00. The summed E-state index contributed by atoms with van der Waals surface area (Å²) in [7, 11) is 0. The molecule has 1 aliphatic carbocycles. The van der Waals surface area contributed by atoms with Crippen LogP contribution in [-0.2, 0) is 0 Å². The van der Waals surface area contributed by atoms with E-state index in [1.165, 1.54) is 77.3 Å². The van der Waals surface area contributed by atoms with Crippen molar-refractivity contribution in [1.82, 2.24) is 10.2 Å². The van der Waals surface area contributed by atoms with E-state index in [1.807, 2.05) is 0 Å². The molecule has 3 aliphatic rings. The second-order valence-electron chi connectivity index (χ2n) is 7.29. The van der Waals surface area contributed by atoms with Gasteiger partial charge in [0.05, 0.1) is 0 Å². The summed E-state index contributed by atoms with van der Waals surface area (Å²) in [6.07, 6.45) is 14.5. The van der Waals surface area contributed by atoms with Crippen molar-refractivity contribution in [3.8, 4) is 0 Å². The topological polar surface area (TPSA) is 15.3 Å². The highest BCUT2D eigenvalue weighted by atomic mass is 15.2. The molecule has 0 bridgehead atoms. The highest BCUT2D eigenvalue weighted by Crippen LogP contribution is 2.32. The van der Waals surface area contributed by atoms with Gasteiger partial charge in [-0.3, -0.25) is 4.90 Å². The van der Waals surface area contributed by atoms with Gasteiger partial charge in [-0.2, -0.15) is 0 Å². The Hall–Kier alpha value is -0.0800. The summed E-state index contributed by atoms with van der Waals surface area (Å²) in [5, 5.41) is 4.00. The van der Waals surface area contributed by atoms with Gasteiger partial charge in [0.2, 0.25) is 0 Å². The Morgan fingerprint density at radius 1 is 0.895 bits per heavy atom. The Morgan fingerprint density at radius 2 is 1.74 bits per heavy atom. The number of likely N-dealkylation sites (tertiary alicyclic amines) is 1. The van der Waals surface area contributed by atoms with Crippen LogP contribution in [0.25, 0.3) is 0 Å². The molecular formula is C17H32N2. The fraction of sp³-hybridized carbons (Fsp3) is 1.00. The zero-order valence-electron chi connectivity index (χ0n) is 12.7. The van der Waals surface area contributed by atoms with Crippen LogP contribution in [0, 0.1) is 5.92 Å². The van der Waals surface area contributed by atoms with Crippen molar-refractivity contribution >= 4 is 0 Å². The molecule has 0 radical (unpaired) electrons. The van der Waals surface area contributed by atoms with Crippen LogP contribution in [0.4, 0.5) is 0 Å². The fourth-order valence-electron chi connectivity index (χ4n) is 4.61. The van der Waals surface area contributed by atoms with Crippen molar-refractivity contribution in [2.24, 2.45) is 5.92 Å². The first kappa shape index (κ1) is 13.9. The van der Waals surface area contributed by atoms with Gasteiger partial charge < -0.3 is 5.32 Å². The second-order valence-corrected chi connectivity index (χ2v) is 7.29. The Kier molecular flexibility index (Phi) is 4.81. The highest BCUT2D eigenvalue weighted by molar-refractivity contribution is 4.91. The average molecular weight is 264 g/mol. The lowest BCUT2D eigenvalue weighted by atomic mass is 9.77. The van der Waals surface area contributed by atoms with Crippen molar-refractivity contribution < 1.29 is 0 Å². The SMILES string of the molecule is CC1CCCCCN1CC1CCC2CCCCC2N1. The molecule has 1 N–H and O–H groups in total. The number of hydrogen-bond acceptors (Lipinski definition) is 2. The number of nitrogens with zero attached hydrogens (tertiary/aromatic N) is 1.